The summed E-state index contributed by atoms with van der Waals surface area (Å²) in [6, 6.07) is 6.95. The zero-order valence-electron chi connectivity index (χ0n) is 15.2. The molecule has 1 aromatic heterocycles. The van der Waals surface area contributed by atoms with Gasteiger partial charge < -0.3 is 10.5 Å². The summed E-state index contributed by atoms with van der Waals surface area (Å²) < 4.78 is 43.5. The number of ether oxygens (including phenoxy) is 1. The van der Waals surface area contributed by atoms with Crippen LogP contribution in [-0.4, -0.2) is 17.0 Å². The number of primary amides is 1. The monoisotopic (exact) mass is 412 g/mol. The molecule has 0 bridgehead atoms. The number of aromatic nitrogens is 1. The predicted molar refractivity (Wildman–Crippen MR) is 102 cm³/mol. The van der Waals surface area contributed by atoms with Crippen LogP contribution < -0.4 is 10.5 Å². The molecular formula is C20H20ClF3N2O2. The van der Waals surface area contributed by atoms with Crippen molar-refractivity contribution in [2.75, 3.05) is 0 Å². The van der Waals surface area contributed by atoms with E-state index >= 15 is 0 Å². The van der Waals surface area contributed by atoms with E-state index in [0.717, 1.165) is 12.3 Å². The molecule has 0 aliphatic carbocycles. The first kappa shape index (κ1) is 21.8. The number of alkyl halides is 3. The van der Waals surface area contributed by atoms with Crippen LogP contribution in [0.15, 0.2) is 43.1 Å². The Kier molecular flexibility index (Phi) is 7.07. The van der Waals surface area contributed by atoms with Gasteiger partial charge in [-0.1, -0.05) is 31.2 Å². The lowest BCUT2D eigenvalue weighted by Gasteiger charge is -2.18. The lowest BCUT2D eigenvalue weighted by atomic mass is 9.95. The van der Waals surface area contributed by atoms with Gasteiger partial charge in [-0.15, -0.1) is 0 Å². The second-order valence-corrected chi connectivity index (χ2v) is 6.66. The molecule has 28 heavy (non-hydrogen) atoms. The summed E-state index contributed by atoms with van der Waals surface area (Å²) in [5, 5.41) is 0.397. The van der Waals surface area contributed by atoms with Gasteiger partial charge in [0.25, 0.3) is 0 Å². The maximum atomic E-state index is 12.6. The van der Waals surface area contributed by atoms with Crippen molar-refractivity contribution in [2.45, 2.75) is 38.5 Å². The Morgan fingerprint density at radius 3 is 2.54 bits per heavy atom. The standard InChI is InChI=1S/C20H20ClF3N2O2/c1-3-15(28-18-9-5-13(11-26-18)20(22,23)24)7-4-12(2)16-8-6-14(21)10-17(16)19(25)27/h5-6,8-11,15H,2-4,7H2,1H3,(H2,25,27)/t15-/m1/s1. The lowest BCUT2D eigenvalue weighted by Crippen LogP contribution is -2.17. The minimum absolute atomic E-state index is 0.120. The highest BCUT2D eigenvalue weighted by atomic mass is 35.5. The lowest BCUT2D eigenvalue weighted by molar-refractivity contribution is -0.137. The molecule has 0 unspecified atom stereocenters. The van der Waals surface area contributed by atoms with E-state index in [9.17, 15) is 18.0 Å². The number of nitrogens with two attached hydrogens (primary N) is 1. The Bertz CT molecular complexity index is 852. The van der Waals surface area contributed by atoms with Crippen LogP contribution in [0, 0.1) is 0 Å². The maximum absolute atomic E-state index is 12.6. The topological polar surface area (TPSA) is 65.2 Å². The van der Waals surface area contributed by atoms with E-state index in [1.165, 1.54) is 12.1 Å². The van der Waals surface area contributed by atoms with Crippen LogP contribution in [0.5, 0.6) is 5.88 Å². The molecule has 0 aliphatic heterocycles. The number of rotatable bonds is 8. The Labute approximate surface area is 166 Å². The van der Waals surface area contributed by atoms with Crippen molar-refractivity contribution in [3.8, 4) is 5.88 Å². The number of halogens is 4. The summed E-state index contributed by atoms with van der Waals surface area (Å²) in [6.07, 6.45) is -2.30. The fraction of sp³-hybridized carbons (Fsp3) is 0.300. The summed E-state index contributed by atoms with van der Waals surface area (Å²) in [5.41, 5.74) is 6.15. The van der Waals surface area contributed by atoms with Gasteiger partial charge in [0.15, 0.2) is 0 Å². The predicted octanol–water partition coefficient (Wildman–Crippen LogP) is 5.50. The molecule has 1 amide bonds. The first-order valence-electron chi connectivity index (χ1n) is 8.59. The molecule has 0 fully saturated rings. The SMILES string of the molecule is C=C(CC[C@@H](CC)Oc1ccc(C(F)(F)F)cn1)c1ccc(Cl)cc1C(N)=O. The minimum Gasteiger partial charge on any atom is -0.474 e. The highest BCUT2D eigenvalue weighted by Gasteiger charge is 2.30. The number of carbonyl (C=O) groups excluding carboxylic acids is 1. The molecule has 2 aromatic rings. The van der Waals surface area contributed by atoms with Crippen LogP contribution in [0.2, 0.25) is 5.02 Å². The van der Waals surface area contributed by atoms with Crippen LogP contribution in [0.1, 0.15) is 47.7 Å². The van der Waals surface area contributed by atoms with Crippen molar-refractivity contribution in [1.82, 2.24) is 4.98 Å². The number of benzene rings is 1. The molecule has 2 rings (SSSR count). The summed E-state index contributed by atoms with van der Waals surface area (Å²) in [4.78, 5) is 15.3. The first-order valence-corrected chi connectivity index (χ1v) is 8.97. The molecule has 4 nitrogen and oxygen atoms in total. The fourth-order valence-corrected chi connectivity index (χ4v) is 2.81. The van der Waals surface area contributed by atoms with Crippen LogP contribution in [0.3, 0.4) is 0 Å². The summed E-state index contributed by atoms with van der Waals surface area (Å²) in [5.74, 6) is -0.481. The Balaban J connectivity index is 2.02. The Morgan fingerprint density at radius 1 is 1.29 bits per heavy atom. The third-order valence-electron chi connectivity index (χ3n) is 4.20. The zero-order chi connectivity index (χ0) is 20.9. The van der Waals surface area contributed by atoms with Crippen LogP contribution >= 0.6 is 11.6 Å². The third-order valence-corrected chi connectivity index (χ3v) is 4.44. The van der Waals surface area contributed by atoms with E-state index in [4.69, 9.17) is 22.1 Å². The maximum Gasteiger partial charge on any atom is 0.417 e. The van der Waals surface area contributed by atoms with Gasteiger partial charge in [0.05, 0.1) is 5.56 Å². The number of hydrogen-bond acceptors (Lipinski definition) is 3. The molecule has 1 atom stereocenters. The molecule has 0 aliphatic rings. The van der Waals surface area contributed by atoms with Crippen molar-refractivity contribution in [3.05, 3.63) is 64.8 Å². The van der Waals surface area contributed by atoms with E-state index in [1.54, 1.807) is 12.1 Å². The van der Waals surface area contributed by atoms with Gasteiger partial charge in [0.1, 0.15) is 6.10 Å². The van der Waals surface area contributed by atoms with E-state index in [2.05, 4.69) is 11.6 Å². The number of pyridine rings is 1. The summed E-state index contributed by atoms with van der Waals surface area (Å²) in [7, 11) is 0. The Morgan fingerprint density at radius 2 is 2.00 bits per heavy atom. The number of hydrogen-bond donors (Lipinski definition) is 1. The van der Waals surface area contributed by atoms with Crippen LogP contribution in [0.4, 0.5) is 13.2 Å². The number of nitrogens with zero attached hydrogens (tertiary/aromatic N) is 1. The van der Waals surface area contributed by atoms with Crippen molar-refractivity contribution in [2.24, 2.45) is 5.73 Å². The van der Waals surface area contributed by atoms with Crippen molar-refractivity contribution >= 4 is 23.1 Å². The van der Waals surface area contributed by atoms with Gasteiger partial charge in [-0.05, 0) is 48.6 Å². The van der Waals surface area contributed by atoms with Crippen molar-refractivity contribution < 1.29 is 22.7 Å². The minimum atomic E-state index is -4.44. The quantitative estimate of drug-likeness (QED) is 0.622. The average molecular weight is 413 g/mol. The first-order chi connectivity index (χ1) is 13.1. The molecule has 0 saturated carbocycles. The molecule has 8 heteroatoms. The molecule has 150 valence electrons. The van der Waals surface area contributed by atoms with E-state index in [1.807, 2.05) is 6.92 Å². The smallest absolute Gasteiger partial charge is 0.417 e. The number of allylic oxidation sites excluding steroid dienone is 1. The second-order valence-electron chi connectivity index (χ2n) is 6.23. The molecule has 1 heterocycles. The van der Waals surface area contributed by atoms with Crippen LogP contribution in [0.25, 0.3) is 5.57 Å². The molecule has 1 aromatic carbocycles. The molecule has 0 spiro atoms. The third kappa shape index (κ3) is 5.73. The van der Waals surface area contributed by atoms with E-state index in [0.29, 0.717) is 35.4 Å². The zero-order valence-corrected chi connectivity index (χ0v) is 16.0. The second kappa shape index (κ2) is 9.10. The molecular weight excluding hydrogens is 393 g/mol. The number of carbonyl (C=O) groups is 1. The van der Waals surface area contributed by atoms with Crippen molar-refractivity contribution in [1.29, 1.82) is 0 Å². The highest BCUT2D eigenvalue weighted by molar-refractivity contribution is 6.31. The molecule has 0 saturated heterocycles. The van der Waals surface area contributed by atoms with Gasteiger partial charge >= 0.3 is 6.18 Å². The van der Waals surface area contributed by atoms with Gasteiger partial charge in [-0.3, -0.25) is 4.79 Å². The number of amides is 1. The highest BCUT2D eigenvalue weighted by Crippen LogP contribution is 2.30. The van der Waals surface area contributed by atoms with Gasteiger partial charge in [-0.2, -0.15) is 13.2 Å². The van der Waals surface area contributed by atoms with Gasteiger partial charge in [-0.25, -0.2) is 4.98 Å². The molecule has 2 N–H and O–H groups in total. The molecule has 0 radical (unpaired) electrons. The van der Waals surface area contributed by atoms with E-state index in [-0.39, 0.29) is 17.5 Å². The summed E-state index contributed by atoms with van der Waals surface area (Å²) >= 11 is 5.91. The average Bonchev–Trinajstić information content (AvgIpc) is 2.64. The normalized spacial score (nSPS) is 12.5. The van der Waals surface area contributed by atoms with Crippen molar-refractivity contribution in [3.63, 3.8) is 0 Å². The Hall–Kier alpha value is -2.54. The van der Waals surface area contributed by atoms with E-state index < -0.39 is 17.6 Å². The summed E-state index contributed by atoms with van der Waals surface area (Å²) in [6.45, 7) is 5.90. The van der Waals surface area contributed by atoms with Gasteiger partial charge in [0.2, 0.25) is 11.8 Å². The van der Waals surface area contributed by atoms with Crippen LogP contribution in [-0.2, 0) is 6.18 Å². The van der Waals surface area contributed by atoms with Gasteiger partial charge in [0, 0.05) is 22.8 Å². The largest absolute Gasteiger partial charge is 0.474 e. The fourth-order valence-electron chi connectivity index (χ4n) is 2.63.